The number of nitrogens with zero attached hydrogens (tertiary/aromatic N) is 5. The van der Waals surface area contributed by atoms with E-state index in [-0.39, 0.29) is 11.3 Å². The molecule has 1 unspecified atom stereocenters. The van der Waals surface area contributed by atoms with Crippen molar-refractivity contribution in [2.45, 2.75) is 32.4 Å². The van der Waals surface area contributed by atoms with Gasteiger partial charge in [0.05, 0.1) is 28.5 Å². The number of halogens is 2. The fourth-order valence-corrected chi connectivity index (χ4v) is 3.06. The summed E-state index contributed by atoms with van der Waals surface area (Å²) in [6.07, 6.45) is 5.76. The van der Waals surface area contributed by atoms with Crippen molar-refractivity contribution in [1.82, 2.24) is 24.7 Å². The maximum absolute atomic E-state index is 13.1. The third kappa shape index (κ3) is 3.14. The van der Waals surface area contributed by atoms with E-state index in [1.165, 1.54) is 6.07 Å². The van der Waals surface area contributed by atoms with Gasteiger partial charge in [-0.05, 0) is 32.3 Å². The summed E-state index contributed by atoms with van der Waals surface area (Å²) in [6, 6.07) is 1.18. The number of aromatic nitrogens is 5. The van der Waals surface area contributed by atoms with Crippen LogP contribution in [0.2, 0.25) is 5.02 Å². The summed E-state index contributed by atoms with van der Waals surface area (Å²) in [7, 11) is 0. The van der Waals surface area contributed by atoms with Crippen molar-refractivity contribution in [1.29, 1.82) is 0 Å². The second-order valence-electron chi connectivity index (χ2n) is 5.89. The van der Waals surface area contributed by atoms with Crippen LogP contribution in [0, 0.1) is 12.7 Å². The average molecular weight is 363 g/mol. The third-order valence-corrected chi connectivity index (χ3v) is 4.40. The number of anilines is 2. The average Bonchev–Trinajstić information content (AvgIpc) is 3.03. The molecule has 1 N–H and O–H groups in total. The van der Waals surface area contributed by atoms with Crippen molar-refractivity contribution >= 4 is 34.4 Å². The fraction of sp³-hybridized carbons (Fsp3) is 0.375. The predicted octanol–water partition coefficient (Wildman–Crippen LogP) is 3.76. The van der Waals surface area contributed by atoms with Crippen molar-refractivity contribution in [3.8, 4) is 0 Å². The highest BCUT2D eigenvalue weighted by molar-refractivity contribution is 6.33. The topological polar surface area (TPSA) is 77.8 Å². The van der Waals surface area contributed by atoms with Crippen molar-refractivity contribution in [2.24, 2.45) is 0 Å². The van der Waals surface area contributed by atoms with E-state index < -0.39 is 5.82 Å². The van der Waals surface area contributed by atoms with Gasteiger partial charge >= 0.3 is 0 Å². The molecule has 4 rings (SSSR count). The third-order valence-electron chi connectivity index (χ3n) is 4.11. The van der Waals surface area contributed by atoms with Gasteiger partial charge in [0.1, 0.15) is 5.82 Å². The Labute approximate surface area is 148 Å². The quantitative estimate of drug-likeness (QED) is 0.764. The zero-order chi connectivity index (χ0) is 17.4. The van der Waals surface area contributed by atoms with Crippen molar-refractivity contribution in [3.63, 3.8) is 0 Å². The Kier molecular flexibility index (Phi) is 4.22. The second kappa shape index (κ2) is 6.53. The molecule has 25 heavy (non-hydrogen) atoms. The lowest BCUT2D eigenvalue weighted by Crippen LogP contribution is -2.19. The Hall–Kier alpha value is -2.32. The molecule has 1 atom stereocenters. The van der Waals surface area contributed by atoms with Crippen molar-refractivity contribution in [2.75, 3.05) is 11.9 Å². The number of hydrogen-bond acceptors (Lipinski definition) is 6. The number of ether oxygens (including phenoxy) is 1. The van der Waals surface area contributed by atoms with Crippen LogP contribution in [-0.4, -0.2) is 31.3 Å². The highest BCUT2D eigenvalue weighted by atomic mass is 35.5. The highest BCUT2D eigenvalue weighted by Gasteiger charge is 2.21. The highest BCUT2D eigenvalue weighted by Crippen LogP contribution is 2.28. The molecule has 1 fully saturated rings. The molecule has 1 aliphatic heterocycles. The van der Waals surface area contributed by atoms with E-state index in [2.05, 4.69) is 25.4 Å². The molecule has 0 spiro atoms. The second-order valence-corrected chi connectivity index (χ2v) is 6.30. The van der Waals surface area contributed by atoms with Crippen LogP contribution < -0.4 is 5.32 Å². The lowest BCUT2D eigenvalue weighted by molar-refractivity contribution is -0.0370. The van der Waals surface area contributed by atoms with Crippen LogP contribution in [0.3, 0.4) is 0 Å². The first-order valence-electron chi connectivity index (χ1n) is 8.03. The molecule has 0 aromatic carbocycles. The first kappa shape index (κ1) is 16.2. The number of hydrogen-bond donors (Lipinski definition) is 1. The van der Waals surface area contributed by atoms with Gasteiger partial charge in [0.15, 0.2) is 17.7 Å². The van der Waals surface area contributed by atoms with Gasteiger partial charge < -0.3 is 10.1 Å². The van der Waals surface area contributed by atoms with Crippen molar-refractivity contribution < 1.29 is 9.13 Å². The van der Waals surface area contributed by atoms with E-state index >= 15 is 0 Å². The minimum atomic E-state index is -0.504. The van der Waals surface area contributed by atoms with Crippen LogP contribution in [-0.2, 0) is 4.74 Å². The maximum Gasteiger partial charge on any atom is 0.230 e. The smallest absolute Gasteiger partial charge is 0.230 e. The summed E-state index contributed by atoms with van der Waals surface area (Å²) in [5, 5.41) is 8.38. The molecule has 0 aliphatic carbocycles. The maximum atomic E-state index is 13.1. The van der Waals surface area contributed by atoms with Gasteiger partial charge in [0, 0.05) is 6.61 Å². The first-order chi connectivity index (χ1) is 12.1. The minimum Gasteiger partial charge on any atom is -0.356 e. The Morgan fingerprint density at radius 2 is 2.20 bits per heavy atom. The zero-order valence-electron chi connectivity index (χ0n) is 13.5. The van der Waals surface area contributed by atoms with Crippen LogP contribution in [0.1, 0.15) is 31.2 Å². The van der Waals surface area contributed by atoms with E-state index in [1.807, 2.05) is 6.92 Å². The van der Waals surface area contributed by atoms with Gasteiger partial charge in [-0.2, -0.15) is 10.1 Å². The lowest BCUT2D eigenvalue weighted by Gasteiger charge is -2.23. The van der Waals surface area contributed by atoms with E-state index in [9.17, 15) is 4.39 Å². The number of pyridine rings is 1. The molecule has 3 aromatic heterocycles. The monoisotopic (exact) mass is 362 g/mol. The van der Waals surface area contributed by atoms with E-state index in [0.717, 1.165) is 43.1 Å². The molecule has 130 valence electrons. The molecular formula is C16H16ClFN6O. The van der Waals surface area contributed by atoms with Gasteiger partial charge in [-0.1, -0.05) is 11.6 Å². The summed E-state index contributed by atoms with van der Waals surface area (Å²) in [4.78, 5) is 12.9. The van der Waals surface area contributed by atoms with Crippen LogP contribution in [0.15, 0.2) is 18.5 Å². The number of rotatable bonds is 3. The Balaban J connectivity index is 1.72. The number of fused-ring (bicyclic) bond motifs is 1. The lowest BCUT2D eigenvalue weighted by atomic mass is 10.2. The Morgan fingerprint density at radius 3 is 2.96 bits per heavy atom. The summed E-state index contributed by atoms with van der Waals surface area (Å²) < 4.78 is 20.7. The summed E-state index contributed by atoms with van der Waals surface area (Å²) >= 11 is 6.01. The Bertz CT molecular complexity index is 924. The summed E-state index contributed by atoms with van der Waals surface area (Å²) in [5.41, 5.74) is 1.45. The molecule has 0 saturated carbocycles. The van der Waals surface area contributed by atoms with Gasteiger partial charge in [-0.15, -0.1) is 0 Å². The van der Waals surface area contributed by atoms with Gasteiger partial charge in [0.2, 0.25) is 5.95 Å². The van der Waals surface area contributed by atoms with Gasteiger partial charge in [-0.25, -0.2) is 19.0 Å². The number of nitrogens with one attached hydrogen (secondary N) is 1. The fourth-order valence-electron chi connectivity index (χ4n) is 2.86. The largest absolute Gasteiger partial charge is 0.356 e. The van der Waals surface area contributed by atoms with Crippen molar-refractivity contribution in [3.05, 3.63) is 35.0 Å². The van der Waals surface area contributed by atoms with E-state index in [0.29, 0.717) is 17.4 Å². The van der Waals surface area contributed by atoms with Crippen LogP contribution in [0.5, 0.6) is 0 Å². The molecular weight excluding hydrogens is 347 g/mol. The molecule has 0 amide bonds. The first-order valence-corrected chi connectivity index (χ1v) is 8.41. The predicted molar refractivity (Wildman–Crippen MR) is 91.4 cm³/mol. The minimum absolute atomic E-state index is 0.124. The molecule has 9 heteroatoms. The van der Waals surface area contributed by atoms with Crippen LogP contribution >= 0.6 is 11.6 Å². The standard InChI is InChI=1S/C16H16ClFN6O/c1-9-11-8-20-24(13-4-2-3-5-25-13)15(11)23-16(21-9)22-14-12(17)6-10(18)7-19-14/h6-8,13H,2-5H2,1H3,(H,19,21,22,23). The Morgan fingerprint density at radius 1 is 1.32 bits per heavy atom. The number of aryl methyl sites for hydroxylation is 1. The molecule has 0 bridgehead atoms. The van der Waals surface area contributed by atoms with Crippen LogP contribution in [0.25, 0.3) is 11.0 Å². The van der Waals surface area contributed by atoms with Crippen LogP contribution in [0.4, 0.5) is 16.2 Å². The SMILES string of the molecule is Cc1nc(Nc2ncc(F)cc2Cl)nc2c1cnn2C1CCCCO1. The molecule has 1 aliphatic rings. The van der Waals surface area contributed by atoms with Gasteiger partial charge in [-0.3, -0.25) is 0 Å². The molecule has 1 saturated heterocycles. The molecule has 3 aromatic rings. The summed E-state index contributed by atoms with van der Waals surface area (Å²) in [5.74, 6) is 0.112. The van der Waals surface area contributed by atoms with Gasteiger partial charge in [0.25, 0.3) is 0 Å². The molecule has 0 radical (unpaired) electrons. The molecule has 4 heterocycles. The van der Waals surface area contributed by atoms with E-state index in [4.69, 9.17) is 16.3 Å². The summed E-state index contributed by atoms with van der Waals surface area (Å²) in [6.45, 7) is 2.60. The normalized spacial score (nSPS) is 17.8. The van der Waals surface area contributed by atoms with E-state index in [1.54, 1.807) is 10.9 Å². The molecule has 7 nitrogen and oxygen atoms in total. The zero-order valence-corrected chi connectivity index (χ0v) is 14.3.